The first-order valence-electron chi connectivity index (χ1n) is 8.34. The van der Waals surface area contributed by atoms with Crippen LogP contribution in [0.4, 0.5) is 5.13 Å². The van der Waals surface area contributed by atoms with Gasteiger partial charge < -0.3 is 20.5 Å². The van der Waals surface area contributed by atoms with Gasteiger partial charge in [-0.05, 0) is 31.0 Å². The molecule has 1 saturated carbocycles. The Morgan fingerprint density at radius 1 is 1.23 bits per heavy atom. The summed E-state index contributed by atoms with van der Waals surface area (Å²) < 4.78 is 10.7. The monoisotopic (exact) mass is 397 g/mol. The summed E-state index contributed by atoms with van der Waals surface area (Å²) in [5, 5.41) is 5.31. The molecule has 0 bridgehead atoms. The maximum atomic E-state index is 12.5. The highest BCUT2D eigenvalue weighted by Gasteiger charge is 2.35. The van der Waals surface area contributed by atoms with Crippen LogP contribution < -0.4 is 20.5 Å². The van der Waals surface area contributed by atoms with E-state index >= 15 is 0 Å². The van der Waals surface area contributed by atoms with E-state index in [-0.39, 0.29) is 18.3 Å². The molecule has 3 N–H and O–H groups in total. The van der Waals surface area contributed by atoms with Crippen molar-refractivity contribution in [2.24, 2.45) is 5.73 Å². The van der Waals surface area contributed by atoms with E-state index in [0.717, 1.165) is 49.1 Å². The molecule has 1 amide bonds. The molecule has 8 heteroatoms. The van der Waals surface area contributed by atoms with Gasteiger partial charge in [-0.2, -0.15) is 0 Å². The fourth-order valence-electron chi connectivity index (χ4n) is 3.10. The molecule has 3 rings (SSSR count). The molecule has 6 nitrogen and oxygen atoms in total. The topological polar surface area (TPSA) is 86.5 Å². The van der Waals surface area contributed by atoms with Gasteiger partial charge in [0.25, 0.3) is 0 Å². The number of benzene rings is 1. The third kappa shape index (κ3) is 4.28. The number of nitrogens with zero attached hydrogens (tertiary/aromatic N) is 1. The Morgan fingerprint density at radius 3 is 2.62 bits per heavy atom. The van der Waals surface area contributed by atoms with Gasteiger partial charge in [0.2, 0.25) is 5.91 Å². The summed E-state index contributed by atoms with van der Waals surface area (Å²) in [6.07, 6.45) is 4.58. The minimum Gasteiger partial charge on any atom is -0.497 e. The molecule has 1 aliphatic rings. The number of amides is 1. The van der Waals surface area contributed by atoms with Gasteiger partial charge >= 0.3 is 0 Å². The fraction of sp³-hybridized carbons (Fsp3) is 0.444. The van der Waals surface area contributed by atoms with Crippen LogP contribution in [-0.4, -0.2) is 30.6 Å². The quantitative estimate of drug-likeness (QED) is 0.800. The van der Waals surface area contributed by atoms with Crippen molar-refractivity contribution in [2.75, 3.05) is 19.5 Å². The van der Waals surface area contributed by atoms with Crippen LogP contribution in [0.15, 0.2) is 23.6 Å². The number of nitrogens with two attached hydrogens (primary N) is 1. The summed E-state index contributed by atoms with van der Waals surface area (Å²) in [5.41, 5.74) is 7.05. The van der Waals surface area contributed by atoms with Gasteiger partial charge in [-0.1, -0.05) is 19.3 Å². The summed E-state index contributed by atoms with van der Waals surface area (Å²) in [6.45, 7) is 0. The van der Waals surface area contributed by atoms with Gasteiger partial charge in [0.05, 0.1) is 25.5 Å². The van der Waals surface area contributed by atoms with Crippen LogP contribution in [0.2, 0.25) is 0 Å². The highest BCUT2D eigenvalue weighted by molar-refractivity contribution is 7.14. The second-order valence-electron chi connectivity index (χ2n) is 6.28. The van der Waals surface area contributed by atoms with Crippen molar-refractivity contribution < 1.29 is 14.3 Å². The maximum Gasteiger partial charge on any atom is 0.246 e. The molecule has 0 atom stereocenters. The molecule has 1 aromatic carbocycles. The smallest absolute Gasteiger partial charge is 0.246 e. The number of hydrogen-bond acceptors (Lipinski definition) is 6. The number of carbonyl (C=O) groups is 1. The Bertz CT molecular complexity index is 760. The van der Waals surface area contributed by atoms with Crippen LogP contribution in [0.3, 0.4) is 0 Å². The van der Waals surface area contributed by atoms with Crippen LogP contribution in [0.1, 0.15) is 32.1 Å². The third-order valence-corrected chi connectivity index (χ3v) is 5.36. The van der Waals surface area contributed by atoms with Crippen molar-refractivity contribution in [2.45, 2.75) is 37.6 Å². The molecular weight excluding hydrogens is 374 g/mol. The summed E-state index contributed by atoms with van der Waals surface area (Å²) in [6, 6.07) is 5.53. The minimum absolute atomic E-state index is 0. The zero-order chi connectivity index (χ0) is 17.9. The number of nitrogens with one attached hydrogen (secondary N) is 1. The van der Waals surface area contributed by atoms with E-state index in [1.165, 1.54) is 11.3 Å². The summed E-state index contributed by atoms with van der Waals surface area (Å²) >= 11 is 1.37. The Kier molecular flexibility index (Phi) is 6.86. The summed E-state index contributed by atoms with van der Waals surface area (Å²) in [4.78, 5) is 17.1. The van der Waals surface area contributed by atoms with Crippen molar-refractivity contribution in [3.8, 4) is 22.8 Å². The lowest BCUT2D eigenvalue weighted by Gasteiger charge is -2.31. The number of halogens is 1. The Hall–Kier alpha value is -1.83. The molecule has 0 radical (unpaired) electrons. The molecule has 0 saturated heterocycles. The standard InChI is InChI=1S/C18H23N3O3S.ClH/c1-23-12-6-7-15(24-2)13(10-12)14-11-25-17(20-14)21-16(22)18(19)8-4-3-5-9-18;/h6-7,10-11H,3-5,8-9,19H2,1-2H3,(H,20,21,22);1H. The lowest BCUT2D eigenvalue weighted by molar-refractivity contribution is -0.122. The van der Waals surface area contributed by atoms with Crippen molar-refractivity contribution in [1.29, 1.82) is 0 Å². The number of thiazole rings is 1. The Morgan fingerprint density at radius 2 is 1.96 bits per heavy atom. The molecule has 0 unspecified atom stereocenters. The number of carbonyl (C=O) groups excluding carboxylic acids is 1. The number of ether oxygens (including phenoxy) is 2. The van der Waals surface area contributed by atoms with Crippen LogP contribution in [0.5, 0.6) is 11.5 Å². The fourth-order valence-corrected chi connectivity index (χ4v) is 3.81. The number of anilines is 1. The first-order valence-corrected chi connectivity index (χ1v) is 9.22. The maximum absolute atomic E-state index is 12.5. The van der Waals surface area contributed by atoms with Crippen LogP contribution >= 0.6 is 23.7 Å². The number of methoxy groups -OCH3 is 2. The molecule has 1 aliphatic carbocycles. The zero-order valence-electron chi connectivity index (χ0n) is 14.9. The van der Waals surface area contributed by atoms with Crippen LogP contribution in [0.25, 0.3) is 11.3 Å². The summed E-state index contributed by atoms with van der Waals surface area (Å²) in [7, 11) is 3.23. The van der Waals surface area contributed by atoms with Gasteiger partial charge in [-0.3, -0.25) is 4.79 Å². The first-order chi connectivity index (χ1) is 12.1. The van der Waals surface area contributed by atoms with Gasteiger partial charge in [0.15, 0.2) is 5.13 Å². The zero-order valence-corrected chi connectivity index (χ0v) is 16.5. The van der Waals surface area contributed by atoms with E-state index in [9.17, 15) is 4.79 Å². The van der Waals surface area contributed by atoms with Gasteiger partial charge in [-0.15, -0.1) is 23.7 Å². The number of rotatable bonds is 5. The largest absolute Gasteiger partial charge is 0.497 e. The van der Waals surface area contributed by atoms with E-state index in [4.69, 9.17) is 15.2 Å². The van der Waals surface area contributed by atoms with Gasteiger partial charge in [-0.25, -0.2) is 4.98 Å². The Balaban J connectivity index is 0.00000243. The molecule has 142 valence electrons. The average molecular weight is 398 g/mol. The van der Waals surface area contributed by atoms with Crippen LogP contribution in [0, 0.1) is 0 Å². The lowest BCUT2D eigenvalue weighted by Crippen LogP contribution is -2.52. The van der Waals surface area contributed by atoms with Crippen molar-refractivity contribution in [3.63, 3.8) is 0 Å². The van der Waals surface area contributed by atoms with E-state index in [2.05, 4.69) is 10.3 Å². The molecule has 2 aromatic rings. The highest BCUT2D eigenvalue weighted by Crippen LogP contribution is 2.35. The lowest BCUT2D eigenvalue weighted by atomic mass is 9.82. The van der Waals surface area contributed by atoms with Crippen molar-refractivity contribution in [1.82, 2.24) is 4.98 Å². The molecular formula is C18H24ClN3O3S. The normalized spacial score (nSPS) is 15.7. The van der Waals surface area contributed by atoms with E-state index < -0.39 is 5.54 Å². The predicted octanol–water partition coefficient (Wildman–Crippen LogP) is 3.85. The van der Waals surface area contributed by atoms with Crippen molar-refractivity contribution in [3.05, 3.63) is 23.6 Å². The van der Waals surface area contributed by atoms with Crippen LogP contribution in [-0.2, 0) is 4.79 Å². The average Bonchev–Trinajstić information content (AvgIpc) is 3.10. The number of hydrogen-bond donors (Lipinski definition) is 2. The van der Waals surface area contributed by atoms with Crippen molar-refractivity contribution >= 4 is 34.8 Å². The minimum atomic E-state index is -0.780. The number of aromatic nitrogens is 1. The Labute approximate surface area is 163 Å². The molecule has 0 spiro atoms. The molecule has 1 fully saturated rings. The first kappa shape index (κ1) is 20.5. The van der Waals surface area contributed by atoms with Gasteiger partial charge in [0, 0.05) is 10.9 Å². The molecule has 1 heterocycles. The van der Waals surface area contributed by atoms with E-state index in [1.54, 1.807) is 14.2 Å². The predicted molar refractivity (Wildman–Crippen MR) is 107 cm³/mol. The molecule has 0 aliphatic heterocycles. The van der Waals surface area contributed by atoms with E-state index in [1.807, 2.05) is 23.6 Å². The summed E-state index contributed by atoms with van der Waals surface area (Å²) in [5.74, 6) is 1.27. The van der Waals surface area contributed by atoms with Gasteiger partial charge in [0.1, 0.15) is 11.5 Å². The SMILES string of the molecule is COc1ccc(OC)c(-c2csc(NC(=O)C3(N)CCCCC3)n2)c1.Cl. The second kappa shape index (κ2) is 8.70. The third-order valence-electron chi connectivity index (χ3n) is 4.61. The highest BCUT2D eigenvalue weighted by atomic mass is 35.5. The molecule has 26 heavy (non-hydrogen) atoms. The van der Waals surface area contributed by atoms with E-state index in [0.29, 0.717) is 10.9 Å². The molecule has 1 aromatic heterocycles. The second-order valence-corrected chi connectivity index (χ2v) is 7.13.